The number of aromatic carboxylic acids is 1. The van der Waals surface area contributed by atoms with Gasteiger partial charge >= 0.3 is 5.97 Å². The fourth-order valence-electron chi connectivity index (χ4n) is 1.60. The highest BCUT2D eigenvalue weighted by Gasteiger charge is 2.14. The lowest BCUT2D eigenvalue weighted by Crippen LogP contribution is -2.28. The number of hydrogen-bond donors (Lipinski definition) is 2. The summed E-state index contributed by atoms with van der Waals surface area (Å²) in [5, 5.41) is 13.7. The van der Waals surface area contributed by atoms with Crippen molar-refractivity contribution in [3.8, 4) is 5.75 Å². The number of carboxylic acid groups (broad SMARTS) is 1. The Hall–Kier alpha value is -2.05. The molecule has 0 aliphatic heterocycles. The van der Waals surface area contributed by atoms with Crippen LogP contribution in [0.15, 0.2) is 35.7 Å². The van der Waals surface area contributed by atoms with Gasteiger partial charge in [-0.2, -0.15) is 0 Å². The molecule has 2 rings (SSSR count). The maximum Gasteiger partial charge on any atom is 0.349 e. The van der Waals surface area contributed by atoms with Gasteiger partial charge in [-0.15, -0.1) is 11.3 Å². The molecule has 0 fully saturated rings. The van der Waals surface area contributed by atoms with Gasteiger partial charge in [0.15, 0.2) is 11.5 Å². The Balaban J connectivity index is 1.84. The van der Waals surface area contributed by atoms with E-state index in [2.05, 4.69) is 5.32 Å². The average molecular weight is 326 g/mol. The summed E-state index contributed by atoms with van der Waals surface area (Å²) in [7, 11) is 0. The number of nitrogens with one attached hydrogen (secondary N) is 1. The van der Waals surface area contributed by atoms with Crippen LogP contribution in [0.5, 0.6) is 5.75 Å². The number of benzene rings is 1. The number of thiophene rings is 1. The van der Waals surface area contributed by atoms with Crippen molar-refractivity contribution in [2.24, 2.45) is 0 Å². The second-order valence-electron chi connectivity index (χ2n) is 4.08. The molecule has 21 heavy (non-hydrogen) atoms. The van der Waals surface area contributed by atoms with E-state index < -0.39 is 5.97 Å². The topological polar surface area (TPSA) is 75.6 Å². The highest BCUT2D eigenvalue weighted by molar-refractivity contribution is 7.12. The molecule has 0 spiro atoms. The Bertz CT molecular complexity index is 656. The molecular weight excluding hydrogens is 314 g/mol. The maximum absolute atomic E-state index is 11.7. The van der Waals surface area contributed by atoms with E-state index in [9.17, 15) is 9.59 Å². The van der Waals surface area contributed by atoms with Crippen LogP contribution >= 0.6 is 22.9 Å². The Morgan fingerprint density at radius 3 is 2.76 bits per heavy atom. The summed E-state index contributed by atoms with van der Waals surface area (Å²) in [6, 6.07) is 8.71. The number of ether oxygens (including phenoxy) is 1. The van der Waals surface area contributed by atoms with E-state index in [1.165, 1.54) is 6.07 Å². The van der Waals surface area contributed by atoms with Crippen molar-refractivity contribution in [2.45, 2.75) is 6.54 Å². The summed E-state index contributed by atoms with van der Waals surface area (Å²) >= 11 is 7.02. The lowest BCUT2D eigenvalue weighted by molar-refractivity contribution is -0.123. The second-order valence-corrected chi connectivity index (χ2v) is 5.40. The van der Waals surface area contributed by atoms with Crippen LogP contribution in [0.2, 0.25) is 5.02 Å². The number of hydrogen-bond acceptors (Lipinski definition) is 4. The first-order valence-electron chi connectivity index (χ1n) is 6.01. The quantitative estimate of drug-likeness (QED) is 0.856. The highest BCUT2D eigenvalue weighted by Crippen LogP contribution is 2.24. The predicted octanol–water partition coefficient (Wildman–Crippen LogP) is 2.79. The lowest BCUT2D eigenvalue weighted by atomic mass is 10.2. The molecule has 0 radical (unpaired) electrons. The number of amides is 1. The predicted molar refractivity (Wildman–Crippen MR) is 80.1 cm³/mol. The summed E-state index contributed by atoms with van der Waals surface area (Å²) in [4.78, 5) is 22.6. The summed E-state index contributed by atoms with van der Waals surface area (Å²) in [5.74, 6) is -1.23. The zero-order valence-electron chi connectivity index (χ0n) is 10.8. The summed E-state index contributed by atoms with van der Waals surface area (Å²) < 4.78 is 5.20. The van der Waals surface area contributed by atoms with Crippen molar-refractivity contribution in [1.82, 2.24) is 5.32 Å². The molecule has 1 aromatic heterocycles. The van der Waals surface area contributed by atoms with Gasteiger partial charge in [-0.05, 0) is 23.1 Å². The summed E-state index contributed by atoms with van der Waals surface area (Å²) in [5.41, 5.74) is 0.800. The molecule has 0 unspecified atom stereocenters. The fourth-order valence-corrected chi connectivity index (χ4v) is 2.47. The Kier molecular flexibility index (Phi) is 5.19. The van der Waals surface area contributed by atoms with E-state index in [1.807, 2.05) is 12.1 Å². The monoisotopic (exact) mass is 325 g/mol. The largest absolute Gasteiger partial charge is 0.482 e. The van der Waals surface area contributed by atoms with E-state index in [0.29, 0.717) is 5.02 Å². The minimum absolute atomic E-state index is 0.0777. The summed E-state index contributed by atoms with van der Waals surface area (Å²) in [6.07, 6.45) is 0. The van der Waals surface area contributed by atoms with Gasteiger partial charge in [0.1, 0.15) is 5.75 Å². The smallest absolute Gasteiger partial charge is 0.349 e. The van der Waals surface area contributed by atoms with Crippen LogP contribution in [-0.2, 0) is 11.3 Å². The molecule has 7 heteroatoms. The van der Waals surface area contributed by atoms with Gasteiger partial charge in [-0.1, -0.05) is 29.8 Å². The third-order valence-electron chi connectivity index (χ3n) is 2.62. The molecule has 1 heterocycles. The molecule has 0 saturated heterocycles. The third-order valence-corrected chi connectivity index (χ3v) is 3.87. The number of carbonyl (C=O) groups is 2. The molecule has 5 nitrogen and oxygen atoms in total. The molecular formula is C14H12ClNO4S. The fraction of sp³-hybridized carbons (Fsp3) is 0.143. The first kappa shape index (κ1) is 15.3. The molecule has 0 aliphatic carbocycles. The normalized spacial score (nSPS) is 10.1. The van der Waals surface area contributed by atoms with Gasteiger partial charge in [0.2, 0.25) is 0 Å². The van der Waals surface area contributed by atoms with Gasteiger partial charge in [-0.25, -0.2) is 4.79 Å². The van der Waals surface area contributed by atoms with Crippen molar-refractivity contribution in [3.05, 3.63) is 51.2 Å². The lowest BCUT2D eigenvalue weighted by Gasteiger charge is -2.08. The second kappa shape index (κ2) is 7.10. The van der Waals surface area contributed by atoms with Gasteiger partial charge in [0.05, 0.1) is 0 Å². The molecule has 1 aromatic carbocycles. The van der Waals surface area contributed by atoms with E-state index in [-0.39, 0.29) is 29.7 Å². The SMILES string of the molecule is O=C(COc1ccsc1C(=O)O)NCc1ccccc1Cl. The molecule has 110 valence electrons. The molecule has 2 N–H and O–H groups in total. The first-order chi connectivity index (χ1) is 10.1. The van der Waals surface area contributed by atoms with Crippen LogP contribution in [0.4, 0.5) is 0 Å². The number of rotatable bonds is 6. The van der Waals surface area contributed by atoms with Gasteiger partial charge in [0.25, 0.3) is 5.91 Å². The number of carboxylic acids is 1. The van der Waals surface area contributed by atoms with Gasteiger partial charge < -0.3 is 15.2 Å². The maximum atomic E-state index is 11.7. The zero-order valence-corrected chi connectivity index (χ0v) is 12.4. The van der Waals surface area contributed by atoms with E-state index >= 15 is 0 Å². The molecule has 2 aromatic rings. The van der Waals surface area contributed by atoms with Crippen molar-refractivity contribution < 1.29 is 19.4 Å². The Labute approximate surface area is 130 Å². The summed E-state index contributed by atoms with van der Waals surface area (Å²) in [6.45, 7) is 0.0404. The number of halogens is 1. The van der Waals surface area contributed by atoms with Gasteiger partial charge in [0, 0.05) is 11.6 Å². The van der Waals surface area contributed by atoms with Crippen LogP contribution in [0.1, 0.15) is 15.2 Å². The minimum Gasteiger partial charge on any atom is -0.482 e. The van der Waals surface area contributed by atoms with Crippen molar-refractivity contribution in [3.63, 3.8) is 0 Å². The van der Waals surface area contributed by atoms with Crippen LogP contribution < -0.4 is 10.1 Å². The molecule has 0 atom stereocenters. The third kappa shape index (κ3) is 4.21. The zero-order chi connectivity index (χ0) is 15.2. The Morgan fingerprint density at radius 1 is 1.29 bits per heavy atom. The molecule has 1 amide bonds. The van der Waals surface area contributed by atoms with E-state index in [4.69, 9.17) is 21.4 Å². The molecule has 0 bridgehead atoms. The molecule has 0 aliphatic rings. The molecule has 0 saturated carbocycles. The first-order valence-corrected chi connectivity index (χ1v) is 7.27. The van der Waals surface area contributed by atoms with Crippen molar-refractivity contribution >= 4 is 34.8 Å². The van der Waals surface area contributed by atoms with Gasteiger partial charge in [-0.3, -0.25) is 4.79 Å². The Morgan fingerprint density at radius 2 is 2.05 bits per heavy atom. The average Bonchev–Trinajstić information content (AvgIpc) is 2.93. The van der Waals surface area contributed by atoms with Crippen LogP contribution in [0.25, 0.3) is 0 Å². The standard InChI is InChI=1S/C14H12ClNO4S/c15-10-4-2-1-3-9(10)7-16-12(17)8-20-11-5-6-21-13(11)14(18)19/h1-6H,7-8H2,(H,16,17)(H,18,19). The highest BCUT2D eigenvalue weighted by atomic mass is 35.5. The van der Waals surface area contributed by atoms with Crippen molar-refractivity contribution in [2.75, 3.05) is 6.61 Å². The number of carbonyl (C=O) groups excluding carboxylic acids is 1. The van der Waals surface area contributed by atoms with E-state index in [1.54, 1.807) is 17.5 Å². The van der Waals surface area contributed by atoms with Crippen LogP contribution in [-0.4, -0.2) is 23.6 Å². The minimum atomic E-state index is -1.07. The van der Waals surface area contributed by atoms with E-state index in [0.717, 1.165) is 16.9 Å². The van der Waals surface area contributed by atoms with Crippen LogP contribution in [0, 0.1) is 0 Å². The van der Waals surface area contributed by atoms with Crippen LogP contribution in [0.3, 0.4) is 0 Å². The van der Waals surface area contributed by atoms with Crippen molar-refractivity contribution in [1.29, 1.82) is 0 Å².